The van der Waals surface area contributed by atoms with Gasteiger partial charge in [-0.15, -0.1) is 12.4 Å². The number of halogens is 1. The predicted molar refractivity (Wildman–Crippen MR) is 113 cm³/mol. The normalized spacial score (nSPS) is 15.3. The molecule has 0 atom stereocenters. The molecule has 1 saturated carbocycles. The van der Waals surface area contributed by atoms with Gasteiger partial charge in [0.2, 0.25) is 0 Å². The van der Waals surface area contributed by atoms with Gasteiger partial charge in [0.15, 0.2) is 5.82 Å². The molecule has 154 valence electrons. The van der Waals surface area contributed by atoms with Gasteiger partial charge in [-0.05, 0) is 62.9 Å². The van der Waals surface area contributed by atoms with E-state index in [4.69, 9.17) is 10.3 Å². The minimum Gasteiger partial charge on any atom is -0.334 e. The maximum Gasteiger partial charge on any atom is 0.262 e. The maximum absolute atomic E-state index is 12.9. The van der Waals surface area contributed by atoms with Crippen molar-refractivity contribution >= 4 is 28.1 Å². The van der Waals surface area contributed by atoms with Gasteiger partial charge >= 0.3 is 0 Å². The van der Waals surface area contributed by atoms with Crippen LogP contribution in [0.3, 0.4) is 0 Å². The fraction of sp³-hybridized carbons (Fsp3) is 0.300. The number of hydrogen-bond donors (Lipinski definition) is 2. The van der Waals surface area contributed by atoms with Crippen LogP contribution in [0, 0.1) is 13.8 Å². The zero-order valence-corrected chi connectivity index (χ0v) is 17.8. The second kappa shape index (κ2) is 7.78. The van der Waals surface area contributed by atoms with Crippen LogP contribution >= 0.6 is 12.4 Å². The third-order valence-electron chi connectivity index (χ3n) is 5.15. The van der Waals surface area contributed by atoms with Crippen LogP contribution in [-0.2, 0) is 15.6 Å². The van der Waals surface area contributed by atoms with Gasteiger partial charge in [0, 0.05) is 11.3 Å². The molecule has 0 aliphatic heterocycles. The number of nitrogens with one attached hydrogen (secondary N) is 1. The van der Waals surface area contributed by atoms with Gasteiger partial charge in [0.25, 0.3) is 15.9 Å². The lowest BCUT2D eigenvalue weighted by atomic mass is 9.77. The summed E-state index contributed by atoms with van der Waals surface area (Å²) in [7, 11) is -3.77. The molecule has 0 saturated heterocycles. The second-order valence-corrected chi connectivity index (χ2v) is 9.04. The lowest BCUT2D eigenvalue weighted by Crippen LogP contribution is -2.44. The minimum absolute atomic E-state index is 0. The number of hydrogen-bond acceptors (Lipinski definition) is 6. The molecule has 0 amide bonds. The molecule has 1 heterocycles. The SMILES string of the molecule is Cc1ccc(NS(=O)(=O)c2cc(-c3nc(C4(N)CCC4)no3)ccc2C)cc1.Cl. The molecule has 1 aliphatic carbocycles. The van der Waals surface area contributed by atoms with Crippen molar-refractivity contribution in [3.05, 3.63) is 59.4 Å². The Morgan fingerprint density at radius 1 is 1.10 bits per heavy atom. The molecule has 7 nitrogen and oxygen atoms in total. The van der Waals surface area contributed by atoms with Crippen molar-refractivity contribution in [2.75, 3.05) is 4.72 Å². The van der Waals surface area contributed by atoms with Crippen LogP contribution in [-0.4, -0.2) is 18.6 Å². The van der Waals surface area contributed by atoms with E-state index < -0.39 is 15.6 Å². The molecule has 1 fully saturated rings. The van der Waals surface area contributed by atoms with Gasteiger partial charge in [-0.3, -0.25) is 4.72 Å². The Hall–Kier alpha value is -2.42. The summed E-state index contributed by atoms with van der Waals surface area (Å²) >= 11 is 0. The fourth-order valence-electron chi connectivity index (χ4n) is 3.18. The van der Waals surface area contributed by atoms with Gasteiger partial charge in [-0.2, -0.15) is 4.98 Å². The van der Waals surface area contributed by atoms with Crippen molar-refractivity contribution < 1.29 is 12.9 Å². The number of rotatable bonds is 5. The first-order valence-corrected chi connectivity index (χ1v) is 10.6. The first-order valence-electron chi connectivity index (χ1n) is 9.10. The van der Waals surface area contributed by atoms with Gasteiger partial charge in [-0.1, -0.05) is 28.9 Å². The van der Waals surface area contributed by atoms with E-state index in [1.165, 1.54) is 0 Å². The summed E-state index contributed by atoms with van der Waals surface area (Å²) in [5.41, 5.74) is 8.43. The molecule has 1 aromatic heterocycles. The second-order valence-electron chi connectivity index (χ2n) is 7.38. The molecule has 3 aromatic rings. The molecule has 9 heteroatoms. The van der Waals surface area contributed by atoms with E-state index in [0.29, 0.717) is 22.6 Å². The van der Waals surface area contributed by atoms with Crippen molar-refractivity contribution in [2.24, 2.45) is 5.73 Å². The third-order valence-corrected chi connectivity index (χ3v) is 6.67. The van der Waals surface area contributed by atoms with Crippen molar-refractivity contribution in [1.82, 2.24) is 10.1 Å². The highest BCUT2D eigenvalue weighted by atomic mass is 35.5. The highest BCUT2D eigenvalue weighted by Gasteiger charge is 2.39. The van der Waals surface area contributed by atoms with E-state index in [0.717, 1.165) is 24.8 Å². The smallest absolute Gasteiger partial charge is 0.262 e. The molecular weight excluding hydrogens is 412 g/mol. The number of sulfonamides is 1. The van der Waals surface area contributed by atoms with Crippen LogP contribution < -0.4 is 10.5 Å². The van der Waals surface area contributed by atoms with Crippen LogP contribution in [0.5, 0.6) is 0 Å². The minimum atomic E-state index is -3.77. The zero-order chi connectivity index (χ0) is 19.9. The summed E-state index contributed by atoms with van der Waals surface area (Å²) < 4.78 is 33.8. The third kappa shape index (κ3) is 4.14. The van der Waals surface area contributed by atoms with Crippen molar-refractivity contribution in [1.29, 1.82) is 0 Å². The molecule has 3 N–H and O–H groups in total. The Kier molecular flexibility index (Phi) is 5.71. The van der Waals surface area contributed by atoms with Crippen LogP contribution in [0.15, 0.2) is 51.9 Å². The van der Waals surface area contributed by atoms with Crippen LogP contribution in [0.25, 0.3) is 11.5 Å². The quantitative estimate of drug-likeness (QED) is 0.629. The largest absolute Gasteiger partial charge is 0.334 e. The summed E-state index contributed by atoms with van der Waals surface area (Å²) in [4.78, 5) is 4.57. The summed E-state index contributed by atoms with van der Waals surface area (Å²) in [6, 6.07) is 12.2. The Labute approximate surface area is 176 Å². The number of aromatic nitrogens is 2. The predicted octanol–water partition coefficient (Wildman–Crippen LogP) is 3.91. The zero-order valence-electron chi connectivity index (χ0n) is 16.2. The highest BCUT2D eigenvalue weighted by molar-refractivity contribution is 7.92. The van der Waals surface area contributed by atoms with E-state index in [2.05, 4.69) is 14.9 Å². The summed E-state index contributed by atoms with van der Waals surface area (Å²) in [6.45, 7) is 3.69. The van der Waals surface area contributed by atoms with Gasteiger partial charge in [0.05, 0.1) is 10.4 Å². The lowest BCUT2D eigenvalue weighted by Gasteiger charge is -2.34. The van der Waals surface area contributed by atoms with Crippen LogP contribution in [0.1, 0.15) is 36.2 Å². The summed E-state index contributed by atoms with van der Waals surface area (Å²) in [5.74, 6) is 0.732. The first kappa shape index (κ1) is 21.3. The standard InChI is InChI=1S/C20H22N4O3S.ClH/c1-13-4-8-16(9-5-13)24-28(25,26)17-12-15(7-6-14(17)2)18-22-19(23-27-18)20(21)10-3-11-20;/h4-9,12,24H,3,10-11,21H2,1-2H3;1H. The molecule has 0 unspecified atom stereocenters. The Balaban J connectivity index is 0.00000240. The van der Waals surface area contributed by atoms with Gasteiger partial charge in [0.1, 0.15) is 0 Å². The molecule has 29 heavy (non-hydrogen) atoms. The van der Waals surface area contributed by atoms with Crippen molar-refractivity contribution in [2.45, 2.75) is 43.5 Å². The van der Waals surface area contributed by atoms with Gasteiger partial charge < -0.3 is 10.3 Å². The van der Waals surface area contributed by atoms with E-state index in [-0.39, 0.29) is 23.2 Å². The van der Waals surface area contributed by atoms with E-state index in [1.807, 2.05) is 19.1 Å². The Morgan fingerprint density at radius 2 is 1.79 bits per heavy atom. The van der Waals surface area contributed by atoms with E-state index in [1.54, 1.807) is 37.3 Å². The summed E-state index contributed by atoms with van der Waals surface area (Å²) in [5, 5.41) is 4.00. The fourth-order valence-corrected chi connectivity index (χ4v) is 4.51. The Morgan fingerprint density at radius 3 is 2.41 bits per heavy atom. The monoisotopic (exact) mass is 434 g/mol. The molecule has 0 radical (unpaired) electrons. The molecule has 1 aliphatic rings. The molecule has 4 rings (SSSR count). The molecule has 0 spiro atoms. The number of nitrogens with two attached hydrogens (primary N) is 1. The van der Waals surface area contributed by atoms with Crippen LogP contribution in [0.4, 0.5) is 5.69 Å². The number of aryl methyl sites for hydroxylation is 2. The average Bonchev–Trinajstić information content (AvgIpc) is 3.12. The van der Waals surface area contributed by atoms with Crippen molar-refractivity contribution in [3.8, 4) is 11.5 Å². The number of nitrogens with zero attached hydrogens (tertiary/aromatic N) is 2. The summed E-state index contributed by atoms with van der Waals surface area (Å²) in [6.07, 6.45) is 2.68. The average molecular weight is 435 g/mol. The molecule has 0 bridgehead atoms. The maximum atomic E-state index is 12.9. The topological polar surface area (TPSA) is 111 Å². The van der Waals surface area contributed by atoms with Crippen LogP contribution in [0.2, 0.25) is 0 Å². The molecule has 2 aromatic carbocycles. The van der Waals surface area contributed by atoms with E-state index in [9.17, 15) is 8.42 Å². The van der Waals surface area contributed by atoms with Gasteiger partial charge in [-0.25, -0.2) is 8.42 Å². The first-order chi connectivity index (χ1) is 13.3. The highest BCUT2D eigenvalue weighted by Crippen LogP contribution is 2.38. The number of anilines is 1. The van der Waals surface area contributed by atoms with E-state index >= 15 is 0 Å². The lowest BCUT2D eigenvalue weighted by molar-refractivity contribution is 0.229. The Bertz CT molecular complexity index is 1120. The van der Waals surface area contributed by atoms with Crippen molar-refractivity contribution in [3.63, 3.8) is 0 Å². The molecular formula is C20H23ClN4O3S. The number of benzene rings is 2.